The van der Waals surface area contributed by atoms with Gasteiger partial charge in [-0.05, 0) is 82.6 Å². The molecule has 0 spiro atoms. The normalized spacial score (nSPS) is 11.9. The zero-order valence-corrected chi connectivity index (χ0v) is 30.9. The van der Waals surface area contributed by atoms with E-state index in [1.807, 2.05) is 23.5 Å². The molecule has 9 aromatic carbocycles. The number of para-hydroxylation sites is 3. The maximum Gasteiger partial charge on any atom is 0.144 e. The van der Waals surface area contributed by atoms with E-state index in [1.165, 1.54) is 25.6 Å². The Bertz CT molecular complexity index is 3480. The van der Waals surface area contributed by atoms with Gasteiger partial charge in [0.25, 0.3) is 0 Å². The lowest BCUT2D eigenvalue weighted by atomic mass is 9.99. The van der Waals surface area contributed by atoms with Gasteiger partial charge in [-0.15, -0.1) is 11.3 Å². The molecule has 56 heavy (non-hydrogen) atoms. The Labute approximate surface area is 325 Å². The Balaban J connectivity index is 1.11. The van der Waals surface area contributed by atoms with Crippen LogP contribution in [0.2, 0.25) is 0 Å². The zero-order chi connectivity index (χ0) is 36.7. The van der Waals surface area contributed by atoms with E-state index >= 15 is 0 Å². The van der Waals surface area contributed by atoms with Crippen molar-refractivity contribution in [3.63, 3.8) is 0 Å². The van der Waals surface area contributed by atoms with E-state index in [9.17, 15) is 0 Å². The Morgan fingerprint density at radius 2 is 1.02 bits per heavy atom. The summed E-state index contributed by atoms with van der Waals surface area (Å²) in [7, 11) is 0. The number of benzene rings is 9. The van der Waals surface area contributed by atoms with E-state index in [-0.39, 0.29) is 0 Å². The number of hydrogen-bond acceptors (Lipinski definition) is 4. The van der Waals surface area contributed by atoms with Crippen molar-refractivity contribution in [1.82, 2.24) is 0 Å². The second kappa shape index (κ2) is 12.2. The molecule has 0 radical (unpaired) electrons. The van der Waals surface area contributed by atoms with E-state index < -0.39 is 0 Å². The van der Waals surface area contributed by atoms with Gasteiger partial charge in [0.05, 0.1) is 11.4 Å². The molecule has 262 valence electrons. The molecule has 4 heteroatoms. The van der Waals surface area contributed by atoms with Crippen LogP contribution in [0, 0.1) is 0 Å². The molecule has 0 aliphatic heterocycles. The summed E-state index contributed by atoms with van der Waals surface area (Å²) in [4.78, 5) is 2.43. The highest BCUT2D eigenvalue weighted by atomic mass is 32.1. The SMILES string of the molecule is c1ccc(-c2ccccc2N(c2ccc(-c3cccc4c3oc3ccccc34)cc2)c2cccc3sc4ccc5c6cc7ccccc7cc6oc5c4c23)cc1. The highest BCUT2D eigenvalue weighted by Crippen LogP contribution is 2.50. The van der Waals surface area contributed by atoms with Crippen LogP contribution < -0.4 is 4.90 Å². The molecule has 3 nitrogen and oxygen atoms in total. The second-order valence-electron chi connectivity index (χ2n) is 14.4. The predicted molar refractivity (Wildman–Crippen MR) is 237 cm³/mol. The van der Waals surface area contributed by atoms with Gasteiger partial charge in [-0.3, -0.25) is 0 Å². The average Bonchev–Trinajstić information content (AvgIpc) is 3.95. The van der Waals surface area contributed by atoms with Crippen LogP contribution in [0.4, 0.5) is 17.1 Å². The summed E-state index contributed by atoms with van der Waals surface area (Å²) < 4.78 is 15.8. The summed E-state index contributed by atoms with van der Waals surface area (Å²) in [6.45, 7) is 0. The molecule has 0 saturated carbocycles. The maximum absolute atomic E-state index is 6.88. The van der Waals surface area contributed by atoms with Crippen molar-refractivity contribution in [2.45, 2.75) is 0 Å². The summed E-state index contributed by atoms with van der Waals surface area (Å²) >= 11 is 1.82. The van der Waals surface area contributed by atoms with Crippen LogP contribution in [0.1, 0.15) is 0 Å². The first-order valence-corrected chi connectivity index (χ1v) is 19.7. The molecule has 0 aliphatic carbocycles. The summed E-state index contributed by atoms with van der Waals surface area (Å²) in [6, 6.07) is 67.2. The standard InChI is InChI=1S/C52H31NO2S/c1-2-12-32(13-3-1)37-16-6-8-20-43(37)53(36-26-24-33(25-27-36)38-18-10-19-40-39-17-7-9-22-45(39)54-51(38)40)44-21-11-23-47-49(44)50-48(56-47)29-28-41-42-30-34-14-4-5-15-35(34)31-46(42)55-52(41)50/h1-31H. The van der Waals surface area contributed by atoms with Gasteiger partial charge in [-0.25, -0.2) is 0 Å². The molecule has 0 saturated heterocycles. The first-order valence-electron chi connectivity index (χ1n) is 18.9. The molecule has 3 heterocycles. The van der Waals surface area contributed by atoms with Crippen LogP contribution in [0.3, 0.4) is 0 Å². The van der Waals surface area contributed by atoms with Gasteiger partial charge in [-0.1, -0.05) is 127 Å². The van der Waals surface area contributed by atoms with Crippen molar-refractivity contribution in [3.8, 4) is 22.3 Å². The molecule has 0 atom stereocenters. The number of anilines is 3. The molecule has 0 bridgehead atoms. The summed E-state index contributed by atoms with van der Waals surface area (Å²) in [5, 5.41) is 9.24. The average molecular weight is 734 g/mol. The van der Waals surface area contributed by atoms with Crippen molar-refractivity contribution in [2.75, 3.05) is 4.90 Å². The second-order valence-corrected chi connectivity index (χ2v) is 15.5. The van der Waals surface area contributed by atoms with Gasteiger partial charge in [0, 0.05) is 58.5 Å². The molecular formula is C52H31NO2S. The highest BCUT2D eigenvalue weighted by molar-refractivity contribution is 7.26. The van der Waals surface area contributed by atoms with Crippen molar-refractivity contribution in [1.29, 1.82) is 0 Å². The van der Waals surface area contributed by atoms with Gasteiger partial charge < -0.3 is 13.7 Å². The van der Waals surface area contributed by atoms with E-state index in [1.54, 1.807) is 0 Å². The minimum absolute atomic E-state index is 0.901. The first kappa shape index (κ1) is 31.2. The van der Waals surface area contributed by atoms with E-state index in [4.69, 9.17) is 8.83 Å². The molecule has 0 unspecified atom stereocenters. The van der Waals surface area contributed by atoms with Crippen LogP contribution in [0.25, 0.3) is 97.1 Å². The minimum atomic E-state index is 0.901. The van der Waals surface area contributed by atoms with E-state index in [2.05, 4.69) is 181 Å². The monoisotopic (exact) mass is 733 g/mol. The van der Waals surface area contributed by atoms with E-state index in [0.717, 1.165) is 88.6 Å². The van der Waals surface area contributed by atoms with Crippen LogP contribution in [-0.2, 0) is 0 Å². The molecule has 3 aromatic heterocycles. The van der Waals surface area contributed by atoms with Crippen molar-refractivity contribution in [2.24, 2.45) is 0 Å². The third kappa shape index (κ3) is 4.70. The third-order valence-corrected chi connectivity index (χ3v) is 12.4. The fraction of sp³-hybridized carbons (Fsp3) is 0. The molecular weight excluding hydrogens is 703 g/mol. The van der Waals surface area contributed by atoms with Crippen molar-refractivity contribution in [3.05, 3.63) is 188 Å². The van der Waals surface area contributed by atoms with Gasteiger partial charge in [0.2, 0.25) is 0 Å². The summed E-state index contributed by atoms with van der Waals surface area (Å²) in [5.41, 5.74) is 11.4. The lowest BCUT2D eigenvalue weighted by Gasteiger charge is -2.29. The third-order valence-electron chi connectivity index (χ3n) is 11.3. The van der Waals surface area contributed by atoms with Crippen LogP contribution >= 0.6 is 11.3 Å². The largest absolute Gasteiger partial charge is 0.455 e. The number of rotatable bonds is 5. The Morgan fingerprint density at radius 3 is 1.91 bits per heavy atom. The Hall–Kier alpha value is -7.14. The molecule has 0 aliphatic rings. The van der Waals surface area contributed by atoms with E-state index in [0.29, 0.717) is 0 Å². The van der Waals surface area contributed by atoms with Gasteiger partial charge in [0.1, 0.15) is 22.3 Å². The fourth-order valence-electron chi connectivity index (χ4n) is 8.69. The zero-order valence-electron chi connectivity index (χ0n) is 30.1. The van der Waals surface area contributed by atoms with Gasteiger partial charge in [0.15, 0.2) is 0 Å². The summed E-state index contributed by atoms with van der Waals surface area (Å²) in [6.07, 6.45) is 0. The van der Waals surface area contributed by atoms with Crippen LogP contribution in [-0.4, -0.2) is 0 Å². The number of hydrogen-bond donors (Lipinski definition) is 0. The van der Waals surface area contributed by atoms with Gasteiger partial charge in [-0.2, -0.15) is 0 Å². The van der Waals surface area contributed by atoms with Crippen LogP contribution in [0.5, 0.6) is 0 Å². The number of thiophene rings is 1. The Morgan fingerprint density at radius 1 is 0.375 bits per heavy atom. The maximum atomic E-state index is 6.88. The molecule has 12 rings (SSSR count). The molecule has 0 fully saturated rings. The van der Waals surface area contributed by atoms with Crippen molar-refractivity contribution < 1.29 is 8.83 Å². The summed E-state index contributed by atoms with van der Waals surface area (Å²) in [5.74, 6) is 0. The lowest BCUT2D eigenvalue weighted by molar-refractivity contribution is 0.670. The van der Waals surface area contributed by atoms with Gasteiger partial charge >= 0.3 is 0 Å². The fourth-order valence-corrected chi connectivity index (χ4v) is 9.82. The lowest BCUT2D eigenvalue weighted by Crippen LogP contribution is -2.11. The molecule has 0 amide bonds. The molecule has 0 N–H and O–H groups in total. The number of nitrogens with zero attached hydrogens (tertiary/aromatic N) is 1. The van der Waals surface area contributed by atoms with Crippen molar-refractivity contribution >= 4 is 103 Å². The number of furan rings is 2. The molecule has 12 aromatic rings. The quantitative estimate of drug-likeness (QED) is 0.176. The Kier molecular flexibility index (Phi) is 6.80. The first-order chi connectivity index (χ1) is 27.8. The smallest absolute Gasteiger partial charge is 0.144 e. The topological polar surface area (TPSA) is 29.5 Å². The number of fused-ring (bicyclic) bond motifs is 11. The predicted octanol–water partition coefficient (Wildman–Crippen LogP) is 15.8. The minimum Gasteiger partial charge on any atom is -0.455 e. The van der Waals surface area contributed by atoms with Crippen LogP contribution in [0.15, 0.2) is 197 Å². The highest BCUT2D eigenvalue weighted by Gasteiger charge is 2.24.